The van der Waals surface area contributed by atoms with Gasteiger partial charge in [0.15, 0.2) is 0 Å². The van der Waals surface area contributed by atoms with Crippen LogP contribution in [0.2, 0.25) is 0 Å². The zero-order valence-corrected chi connectivity index (χ0v) is 20.4. The molecule has 0 atom stereocenters. The molecule has 140 valence electrons. The predicted octanol–water partition coefficient (Wildman–Crippen LogP) is -0.265. The molecule has 0 unspecified atom stereocenters. The van der Waals surface area contributed by atoms with Crippen LogP contribution in [0.4, 0.5) is 0 Å². The van der Waals surface area contributed by atoms with Crippen LogP contribution < -0.4 is 24.8 Å². The summed E-state index contributed by atoms with van der Waals surface area (Å²) in [6.45, 7) is 10.1. The molecule has 23 heavy (non-hydrogen) atoms. The van der Waals surface area contributed by atoms with Crippen molar-refractivity contribution >= 4 is 23.9 Å². The molecule has 4 heteroatoms. The zero-order chi connectivity index (χ0) is 14.2. The Balaban J connectivity index is -0.0000000649. The Labute approximate surface area is 177 Å². The van der Waals surface area contributed by atoms with Gasteiger partial charge < -0.3 is 50.0 Å². The van der Waals surface area contributed by atoms with Crippen molar-refractivity contribution in [3.05, 3.63) is 20.3 Å². The Morgan fingerprint density at radius 1 is 0.609 bits per heavy atom. The van der Waals surface area contributed by atoms with Gasteiger partial charge in [0, 0.05) is 0 Å². The third kappa shape index (κ3) is 28.4. The van der Waals surface area contributed by atoms with E-state index >= 15 is 0 Å². The van der Waals surface area contributed by atoms with Crippen molar-refractivity contribution in [1.82, 2.24) is 4.90 Å². The molecule has 2 saturated carbocycles. The van der Waals surface area contributed by atoms with E-state index in [-0.39, 0.29) is 56.1 Å². The van der Waals surface area contributed by atoms with Gasteiger partial charge in [0.2, 0.25) is 0 Å². The van der Waals surface area contributed by atoms with Crippen LogP contribution in [0.3, 0.4) is 0 Å². The van der Waals surface area contributed by atoms with Gasteiger partial charge in [-0.3, -0.25) is 0 Å². The minimum atomic E-state index is 0. The first kappa shape index (κ1) is 35.4. The molecule has 1 nitrogen and oxygen atoms in total. The molecule has 2 aliphatic rings. The summed E-state index contributed by atoms with van der Waals surface area (Å²) in [6.07, 6.45) is 19.0. The fourth-order valence-corrected chi connectivity index (χ4v) is 2.47. The molecule has 0 aromatic carbocycles. The van der Waals surface area contributed by atoms with Crippen molar-refractivity contribution in [3.63, 3.8) is 0 Å². The average Bonchev–Trinajstić information content (AvgIpc) is 2.54. The van der Waals surface area contributed by atoms with Gasteiger partial charge in [-0.25, -0.2) is 0 Å². The first-order valence-corrected chi connectivity index (χ1v) is 8.70. The Morgan fingerprint density at radius 3 is 0.913 bits per heavy atom. The van der Waals surface area contributed by atoms with Crippen molar-refractivity contribution in [2.24, 2.45) is 0 Å². The van der Waals surface area contributed by atoms with Gasteiger partial charge in [-0.2, -0.15) is 25.7 Å². The molecule has 0 amide bonds. The van der Waals surface area contributed by atoms with Crippen molar-refractivity contribution in [1.29, 1.82) is 0 Å². The fourth-order valence-electron chi connectivity index (χ4n) is 2.47. The van der Waals surface area contributed by atoms with Crippen molar-refractivity contribution in [2.45, 2.75) is 85.0 Å². The van der Waals surface area contributed by atoms with E-state index in [0.29, 0.717) is 0 Å². The first-order valence-electron chi connectivity index (χ1n) is 8.70. The van der Waals surface area contributed by atoms with Crippen LogP contribution in [0.15, 0.2) is 0 Å². The topological polar surface area (TPSA) is 3.24 Å². The summed E-state index contributed by atoms with van der Waals surface area (Å²) >= 11 is 0. The number of rotatable bonds is 3. The first-order chi connectivity index (χ1) is 9.35. The molecular weight excluding hydrogens is 432 g/mol. The summed E-state index contributed by atoms with van der Waals surface area (Å²) in [6, 6.07) is 0. The maximum Gasteiger partial charge on any atom is 4.00 e. The molecule has 0 spiro atoms. The maximum absolute atomic E-state index is 2.39. The van der Waals surface area contributed by atoms with Crippen LogP contribution in [-0.4, -0.2) is 48.4 Å². The largest absolute Gasteiger partial charge is 4.00 e. The second-order valence-electron chi connectivity index (χ2n) is 5.47. The van der Waals surface area contributed by atoms with Crippen molar-refractivity contribution in [2.75, 3.05) is 19.6 Å². The molecule has 0 heterocycles. The van der Waals surface area contributed by atoms with Gasteiger partial charge in [-0.05, 0) is 19.6 Å². The normalized spacial score (nSPS) is 15.7. The van der Waals surface area contributed by atoms with Gasteiger partial charge >= 0.3 is 23.9 Å². The number of halogens is 2. The van der Waals surface area contributed by atoms with Gasteiger partial charge in [0.25, 0.3) is 0 Å². The molecule has 0 radical (unpaired) electrons. The van der Waals surface area contributed by atoms with Crippen LogP contribution in [0, 0.1) is 20.3 Å². The molecule has 0 saturated heterocycles. The summed E-state index contributed by atoms with van der Waals surface area (Å²) < 4.78 is 0. The smallest absolute Gasteiger partial charge is 1.00 e. The Hall–Kier alpha value is 1.34. The van der Waals surface area contributed by atoms with E-state index in [9.17, 15) is 0 Å². The molecule has 0 N–H and O–H groups in total. The van der Waals surface area contributed by atoms with Crippen molar-refractivity contribution in [3.8, 4) is 0 Å². The third-order valence-corrected chi connectivity index (χ3v) is 3.97. The number of nitrogens with zero attached hydrogens (tertiary/aromatic N) is 1. The van der Waals surface area contributed by atoms with Gasteiger partial charge in [-0.15, -0.1) is 0 Å². The van der Waals surface area contributed by atoms with E-state index in [2.05, 4.69) is 38.5 Å². The standard InChI is InChI=1S/C6H15N.2C6H11.CH3.2ClH.Sn/c1-4-7(5-2)6-3;2*1-2-4-6-5-3-1;;;;/h4-6H2,1-3H3;2*1H,2-6H2;1H3;2*1H;/q;3*-1;;;+4/p-2. The number of hydrogen-bond donors (Lipinski definition) is 0. The van der Waals surface area contributed by atoms with Gasteiger partial charge in [-0.1, -0.05) is 59.3 Å². The van der Waals surface area contributed by atoms with E-state index in [1.165, 1.54) is 83.8 Å². The van der Waals surface area contributed by atoms with E-state index < -0.39 is 0 Å². The third-order valence-electron chi connectivity index (χ3n) is 3.97. The van der Waals surface area contributed by atoms with Crippen LogP contribution >= 0.6 is 0 Å². The Morgan fingerprint density at radius 2 is 0.870 bits per heavy atom. The SMILES string of the molecule is CCN(CC)CC.[CH-]1CCCCC1.[CH-]1CCCCC1.[CH3-].[Cl-].[Cl-].[Sn+4]. The van der Waals surface area contributed by atoms with Crippen LogP contribution in [0.1, 0.15) is 85.0 Å². The van der Waals surface area contributed by atoms with E-state index in [0.717, 1.165) is 0 Å². The van der Waals surface area contributed by atoms with Crippen molar-refractivity contribution < 1.29 is 24.8 Å². The van der Waals surface area contributed by atoms with Crippen LogP contribution in [-0.2, 0) is 0 Å². The fraction of sp³-hybridized carbons (Fsp3) is 0.842. The van der Waals surface area contributed by atoms with Gasteiger partial charge in [0.1, 0.15) is 0 Å². The number of hydrogen-bond acceptors (Lipinski definition) is 1. The Bertz CT molecular complexity index is 119. The van der Waals surface area contributed by atoms with E-state index in [1.807, 2.05) is 0 Å². The summed E-state index contributed by atoms with van der Waals surface area (Å²) in [5, 5.41) is 0. The summed E-state index contributed by atoms with van der Waals surface area (Å²) in [4.78, 5) is 2.38. The monoisotopic (exact) mass is 472 g/mol. The molecule has 0 bridgehead atoms. The quantitative estimate of drug-likeness (QED) is 0.405. The molecule has 0 aromatic heterocycles. The predicted molar refractivity (Wildman–Crippen MR) is 100 cm³/mol. The molecule has 2 fully saturated rings. The zero-order valence-electron chi connectivity index (χ0n) is 16.1. The summed E-state index contributed by atoms with van der Waals surface area (Å²) in [5.74, 6) is 0. The molecule has 0 aliphatic heterocycles. The molecular formula is C19H40Cl2NSn-. The summed E-state index contributed by atoms with van der Waals surface area (Å²) in [5.41, 5.74) is 0. The van der Waals surface area contributed by atoms with E-state index in [4.69, 9.17) is 0 Å². The molecule has 2 rings (SSSR count). The van der Waals surface area contributed by atoms with Gasteiger partial charge in [0.05, 0.1) is 0 Å². The molecule has 2 aliphatic carbocycles. The average molecular weight is 472 g/mol. The summed E-state index contributed by atoms with van der Waals surface area (Å²) in [7, 11) is 0. The Kier molecular flexibility index (Phi) is 48.0. The second kappa shape index (κ2) is 31.1. The minimum Gasteiger partial charge on any atom is -1.00 e. The molecule has 0 aromatic rings. The minimum absolute atomic E-state index is 0. The van der Waals surface area contributed by atoms with Crippen LogP contribution in [0.25, 0.3) is 0 Å². The maximum atomic E-state index is 2.39. The van der Waals surface area contributed by atoms with Crippen LogP contribution in [0.5, 0.6) is 0 Å². The second-order valence-corrected chi connectivity index (χ2v) is 5.47. The van der Waals surface area contributed by atoms with E-state index in [1.54, 1.807) is 0 Å².